The first-order valence-corrected chi connectivity index (χ1v) is 2.76. The summed E-state index contributed by atoms with van der Waals surface area (Å²) in [5.41, 5.74) is 9.14. The average Bonchev–Trinajstić information content (AvgIpc) is 1.97. The fourth-order valence-electron chi connectivity index (χ4n) is 0.642. The summed E-state index contributed by atoms with van der Waals surface area (Å²) in [5.74, 6) is -2.91. The zero-order valence-electron chi connectivity index (χ0n) is 5.44. The van der Waals surface area contributed by atoms with Crippen LogP contribution in [0.3, 0.4) is 0 Å². The number of hydrogen-bond donors (Lipinski definition) is 3. The van der Waals surface area contributed by atoms with E-state index in [-0.39, 0.29) is 0 Å². The molecular formula is C6H6F2N2O. The molecule has 1 aromatic carbocycles. The second-order valence-electron chi connectivity index (χ2n) is 2.02. The molecule has 11 heavy (non-hydrogen) atoms. The molecule has 0 aliphatic heterocycles. The molecule has 0 spiro atoms. The van der Waals surface area contributed by atoms with Crippen molar-refractivity contribution in [2.45, 2.75) is 0 Å². The minimum absolute atomic E-state index is 0.441. The highest BCUT2D eigenvalue weighted by molar-refractivity contribution is 5.71. The second-order valence-corrected chi connectivity index (χ2v) is 2.02. The first kappa shape index (κ1) is 7.59. The van der Waals surface area contributed by atoms with Gasteiger partial charge < -0.3 is 16.6 Å². The van der Waals surface area contributed by atoms with E-state index >= 15 is 0 Å². The van der Waals surface area contributed by atoms with Gasteiger partial charge in [-0.3, -0.25) is 0 Å². The first-order chi connectivity index (χ1) is 5.04. The van der Waals surface area contributed by atoms with Crippen LogP contribution in [0.25, 0.3) is 0 Å². The van der Waals surface area contributed by atoms with Gasteiger partial charge in [0.1, 0.15) is 5.69 Å². The van der Waals surface area contributed by atoms with E-state index in [2.05, 4.69) is 0 Å². The van der Waals surface area contributed by atoms with Crippen LogP contribution < -0.4 is 11.5 Å². The van der Waals surface area contributed by atoms with Crippen molar-refractivity contribution in [2.24, 2.45) is 0 Å². The van der Waals surface area contributed by atoms with Gasteiger partial charge in [-0.25, -0.2) is 8.78 Å². The van der Waals surface area contributed by atoms with Gasteiger partial charge in [0.15, 0.2) is 17.4 Å². The molecule has 0 atom stereocenters. The number of halogens is 2. The van der Waals surface area contributed by atoms with Crippen LogP contribution in [0.15, 0.2) is 6.07 Å². The van der Waals surface area contributed by atoms with Crippen LogP contribution in [0, 0.1) is 11.6 Å². The van der Waals surface area contributed by atoms with Crippen molar-refractivity contribution in [1.29, 1.82) is 0 Å². The summed E-state index contributed by atoms with van der Waals surface area (Å²) in [6, 6.07) is 0.473. The van der Waals surface area contributed by atoms with Gasteiger partial charge >= 0.3 is 0 Å². The number of rotatable bonds is 0. The third-order valence-corrected chi connectivity index (χ3v) is 1.28. The molecule has 0 unspecified atom stereocenters. The van der Waals surface area contributed by atoms with Crippen LogP contribution in [0.5, 0.6) is 5.75 Å². The number of nitrogen functional groups attached to an aromatic ring is 2. The van der Waals surface area contributed by atoms with Crippen molar-refractivity contribution in [2.75, 3.05) is 11.5 Å². The normalized spacial score (nSPS) is 10.0. The molecule has 0 heterocycles. The van der Waals surface area contributed by atoms with Crippen molar-refractivity contribution in [1.82, 2.24) is 0 Å². The lowest BCUT2D eigenvalue weighted by atomic mass is 10.2. The van der Waals surface area contributed by atoms with E-state index < -0.39 is 28.8 Å². The van der Waals surface area contributed by atoms with E-state index in [1.54, 1.807) is 0 Å². The molecule has 5 heteroatoms. The average molecular weight is 160 g/mol. The Bertz CT molecular complexity index is 275. The molecule has 0 bridgehead atoms. The van der Waals surface area contributed by atoms with Crippen LogP contribution in [-0.2, 0) is 0 Å². The van der Waals surface area contributed by atoms with Crippen molar-refractivity contribution in [3.05, 3.63) is 17.7 Å². The Labute approximate surface area is 61.2 Å². The van der Waals surface area contributed by atoms with Gasteiger partial charge in [0.2, 0.25) is 0 Å². The van der Waals surface area contributed by atoms with Crippen LogP contribution in [0.2, 0.25) is 0 Å². The topological polar surface area (TPSA) is 72.3 Å². The predicted molar refractivity (Wildman–Crippen MR) is 36.8 cm³/mol. The second kappa shape index (κ2) is 2.26. The highest BCUT2D eigenvalue weighted by atomic mass is 19.1. The Hall–Kier alpha value is -1.52. The van der Waals surface area contributed by atoms with E-state index in [0.29, 0.717) is 6.07 Å². The van der Waals surface area contributed by atoms with Crippen molar-refractivity contribution in [3.8, 4) is 5.75 Å². The standard InChI is InChI=1S/C6H6F2N2O/c7-2-1-3(8)6(11)5(10)4(2)9/h1,11H,9-10H2. The van der Waals surface area contributed by atoms with E-state index in [0.717, 1.165) is 0 Å². The number of hydrogen-bond acceptors (Lipinski definition) is 3. The van der Waals surface area contributed by atoms with Gasteiger partial charge in [0.05, 0.1) is 5.69 Å². The van der Waals surface area contributed by atoms with E-state index in [9.17, 15) is 8.78 Å². The summed E-state index contributed by atoms with van der Waals surface area (Å²) in [6.45, 7) is 0. The Morgan fingerprint density at radius 3 is 2.18 bits per heavy atom. The third kappa shape index (κ3) is 1.04. The number of aromatic hydroxyl groups is 1. The van der Waals surface area contributed by atoms with Gasteiger partial charge in [0, 0.05) is 6.07 Å². The molecule has 1 rings (SSSR count). The largest absolute Gasteiger partial charge is 0.503 e. The summed E-state index contributed by atoms with van der Waals surface area (Å²) >= 11 is 0. The lowest BCUT2D eigenvalue weighted by Gasteiger charge is -2.03. The van der Waals surface area contributed by atoms with Gasteiger partial charge in [-0.2, -0.15) is 0 Å². The van der Waals surface area contributed by atoms with E-state index in [1.165, 1.54) is 0 Å². The zero-order chi connectivity index (χ0) is 8.59. The van der Waals surface area contributed by atoms with Crippen LogP contribution >= 0.6 is 0 Å². The molecule has 0 aliphatic carbocycles. The van der Waals surface area contributed by atoms with Crippen molar-refractivity contribution in [3.63, 3.8) is 0 Å². The predicted octanol–water partition coefficient (Wildman–Crippen LogP) is 0.835. The molecule has 1 aromatic rings. The molecule has 5 N–H and O–H groups in total. The lowest BCUT2D eigenvalue weighted by molar-refractivity contribution is 0.431. The molecule has 0 amide bonds. The summed E-state index contributed by atoms with van der Waals surface area (Å²) in [7, 11) is 0. The molecule has 0 saturated carbocycles. The third-order valence-electron chi connectivity index (χ3n) is 1.28. The van der Waals surface area contributed by atoms with Gasteiger partial charge in [-0.05, 0) is 0 Å². The summed E-state index contributed by atoms with van der Waals surface area (Å²) in [6.07, 6.45) is 0. The van der Waals surface area contributed by atoms with Crippen molar-refractivity contribution >= 4 is 11.4 Å². The Kier molecular flexibility index (Phi) is 1.56. The molecular weight excluding hydrogens is 154 g/mol. The summed E-state index contributed by atoms with van der Waals surface area (Å²) in [5, 5.41) is 8.76. The minimum Gasteiger partial charge on any atom is -0.503 e. The summed E-state index contributed by atoms with van der Waals surface area (Å²) < 4.78 is 24.9. The lowest BCUT2D eigenvalue weighted by Crippen LogP contribution is -1.99. The van der Waals surface area contributed by atoms with E-state index in [1.807, 2.05) is 0 Å². The number of benzene rings is 1. The fraction of sp³-hybridized carbons (Fsp3) is 0. The number of nitrogens with two attached hydrogens (primary N) is 2. The Balaban J connectivity index is 3.46. The highest BCUT2D eigenvalue weighted by Gasteiger charge is 2.12. The van der Waals surface area contributed by atoms with Crippen LogP contribution in [0.4, 0.5) is 20.2 Å². The molecule has 60 valence electrons. The molecule has 0 radical (unpaired) electrons. The zero-order valence-corrected chi connectivity index (χ0v) is 5.44. The minimum atomic E-state index is -1.12. The van der Waals surface area contributed by atoms with Gasteiger partial charge in [0.25, 0.3) is 0 Å². The maximum atomic E-state index is 12.5. The van der Waals surface area contributed by atoms with Crippen LogP contribution in [0.1, 0.15) is 0 Å². The molecule has 0 aromatic heterocycles. The maximum Gasteiger partial charge on any atom is 0.177 e. The SMILES string of the molecule is Nc1c(F)cc(F)c(O)c1N. The van der Waals surface area contributed by atoms with Crippen molar-refractivity contribution < 1.29 is 13.9 Å². The van der Waals surface area contributed by atoms with Crippen LogP contribution in [-0.4, -0.2) is 5.11 Å². The first-order valence-electron chi connectivity index (χ1n) is 2.76. The number of phenols is 1. The Morgan fingerprint density at radius 1 is 1.09 bits per heavy atom. The molecule has 0 saturated heterocycles. The van der Waals surface area contributed by atoms with E-state index in [4.69, 9.17) is 16.6 Å². The summed E-state index contributed by atoms with van der Waals surface area (Å²) in [4.78, 5) is 0. The highest BCUT2D eigenvalue weighted by Crippen LogP contribution is 2.31. The van der Waals surface area contributed by atoms with Gasteiger partial charge in [-0.15, -0.1) is 0 Å². The van der Waals surface area contributed by atoms with Gasteiger partial charge in [-0.1, -0.05) is 0 Å². The Morgan fingerprint density at radius 2 is 1.64 bits per heavy atom. The maximum absolute atomic E-state index is 12.5. The fourth-order valence-corrected chi connectivity index (χ4v) is 0.642. The smallest absolute Gasteiger partial charge is 0.177 e. The quantitative estimate of drug-likeness (QED) is 0.389. The number of anilines is 2. The molecule has 0 aliphatic rings. The number of phenolic OH excluding ortho intramolecular Hbond substituents is 1. The molecule has 0 fully saturated rings. The monoisotopic (exact) mass is 160 g/mol. The molecule has 3 nitrogen and oxygen atoms in total.